The number of nitrogens with zero attached hydrogens (tertiary/aromatic N) is 3. The molecular weight excluding hydrogens is 604 g/mol. The number of rotatable bonds is 7. The van der Waals surface area contributed by atoms with Crippen LogP contribution in [0.5, 0.6) is 23.1 Å². The number of likely N-dealkylation sites (tertiary alicyclic amines) is 1. The number of carbonyl (C=O) groups is 3. The minimum Gasteiger partial charge on any atom is -0.493 e. The zero-order valence-corrected chi connectivity index (χ0v) is 27.1. The fraction of sp³-hybridized carbons (Fsp3) is 0.429. The molecule has 1 aromatic heterocycles. The molecule has 2 atom stereocenters. The van der Waals surface area contributed by atoms with Crippen molar-refractivity contribution in [1.29, 1.82) is 0 Å². The lowest BCUT2D eigenvalue weighted by atomic mass is 10.0. The third-order valence-corrected chi connectivity index (χ3v) is 8.28. The van der Waals surface area contributed by atoms with Crippen LogP contribution in [-0.2, 0) is 32.1 Å². The number of carbonyl (C=O) groups excluding carboxylic acids is 3. The van der Waals surface area contributed by atoms with Gasteiger partial charge >= 0.3 is 0 Å². The average Bonchev–Trinajstić information content (AvgIpc) is 3.09. The molecule has 1 N–H and O–H groups in total. The molecule has 3 amide bonds. The largest absolute Gasteiger partial charge is 0.493 e. The first kappa shape index (κ1) is 33.7. The van der Waals surface area contributed by atoms with E-state index in [1.54, 1.807) is 36.2 Å². The summed E-state index contributed by atoms with van der Waals surface area (Å²) >= 11 is 0. The van der Waals surface area contributed by atoms with Gasteiger partial charge in [0.15, 0.2) is 11.5 Å². The number of methoxy groups -OCH3 is 3. The number of aromatic nitrogens is 1. The first-order chi connectivity index (χ1) is 22.9. The molecule has 3 aromatic rings. The van der Waals surface area contributed by atoms with Gasteiger partial charge in [-0.25, -0.2) is 4.98 Å². The highest BCUT2D eigenvalue weighted by Gasteiger charge is 2.34. The van der Waals surface area contributed by atoms with Crippen LogP contribution in [-0.4, -0.2) is 98.8 Å². The van der Waals surface area contributed by atoms with Gasteiger partial charge in [0.05, 0.1) is 39.5 Å². The summed E-state index contributed by atoms with van der Waals surface area (Å²) < 4.78 is 28.6. The number of fused-ring (bicyclic) bond motifs is 9. The Labute approximate surface area is 274 Å². The minimum atomic E-state index is -0.513. The molecule has 250 valence electrons. The van der Waals surface area contributed by atoms with Crippen LogP contribution in [0.15, 0.2) is 60.8 Å². The molecule has 0 radical (unpaired) electrons. The van der Waals surface area contributed by atoms with Gasteiger partial charge in [-0.3, -0.25) is 14.4 Å². The van der Waals surface area contributed by atoms with E-state index in [2.05, 4.69) is 10.3 Å². The van der Waals surface area contributed by atoms with Gasteiger partial charge in [0.1, 0.15) is 5.75 Å². The number of nitrogens with one attached hydrogen (secondary N) is 1. The molecule has 2 aromatic carbocycles. The predicted molar refractivity (Wildman–Crippen MR) is 173 cm³/mol. The molecule has 6 rings (SSSR count). The van der Waals surface area contributed by atoms with Crippen molar-refractivity contribution >= 4 is 17.7 Å². The summed E-state index contributed by atoms with van der Waals surface area (Å²) in [4.78, 5) is 47.9. The van der Waals surface area contributed by atoms with Gasteiger partial charge in [0.2, 0.25) is 17.7 Å². The summed E-state index contributed by atoms with van der Waals surface area (Å²) in [5.74, 6) is 1.40. The maximum atomic E-state index is 13.6. The van der Waals surface area contributed by atoms with Crippen LogP contribution in [0.3, 0.4) is 0 Å². The smallest absolute Gasteiger partial charge is 0.254 e. The summed E-state index contributed by atoms with van der Waals surface area (Å²) in [5, 5.41) is 3.09. The van der Waals surface area contributed by atoms with Gasteiger partial charge in [0, 0.05) is 57.6 Å². The van der Waals surface area contributed by atoms with E-state index in [-0.39, 0.29) is 49.9 Å². The van der Waals surface area contributed by atoms with E-state index in [9.17, 15) is 14.4 Å². The molecule has 3 aliphatic heterocycles. The second-order valence-electron chi connectivity index (χ2n) is 11.5. The Kier molecular flexibility index (Phi) is 11.6. The van der Waals surface area contributed by atoms with E-state index < -0.39 is 6.04 Å². The minimum absolute atomic E-state index is 0.126. The Hall–Kier alpha value is -4.68. The number of amides is 3. The van der Waals surface area contributed by atoms with Crippen LogP contribution in [0.2, 0.25) is 0 Å². The number of piperidine rings is 1. The van der Waals surface area contributed by atoms with Gasteiger partial charge in [-0.15, -0.1) is 0 Å². The number of hydrogen-bond acceptors (Lipinski definition) is 9. The Morgan fingerprint density at radius 1 is 1.02 bits per heavy atom. The molecule has 3 aliphatic rings. The Bertz CT molecular complexity index is 1550. The third kappa shape index (κ3) is 8.99. The molecular formula is C35H42N4O8. The summed E-state index contributed by atoms with van der Waals surface area (Å²) in [5.41, 5.74) is 2.24. The van der Waals surface area contributed by atoms with Crippen LogP contribution in [0, 0.1) is 0 Å². The third-order valence-electron chi connectivity index (χ3n) is 8.28. The lowest BCUT2D eigenvalue weighted by molar-refractivity contribution is -0.137. The Morgan fingerprint density at radius 2 is 1.89 bits per heavy atom. The van der Waals surface area contributed by atoms with Crippen molar-refractivity contribution < 1.29 is 38.1 Å². The lowest BCUT2D eigenvalue weighted by Crippen LogP contribution is -2.58. The van der Waals surface area contributed by atoms with E-state index in [0.717, 1.165) is 11.1 Å². The first-order valence-electron chi connectivity index (χ1n) is 15.8. The van der Waals surface area contributed by atoms with Crippen molar-refractivity contribution in [3.63, 3.8) is 0 Å². The fourth-order valence-corrected chi connectivity index (χ4v) is 5.80. The topological polar surface area (TPSA) is 129 Å². The molecule has 0 spiro atoms. The molecule has 0 unspecified atom stereocenters. The van der Waals surface area contributed by atoms with E-state index in [1.165, 1.54) is 13.3 Å². The second kappa shape index (κ2) is 16.2. The molecule has 12 heteroatoms. The summed E-state index contributed by atoms with van der Waals surface area (Å²) in [6, 6.07) is 15.9. The van der Waals surface area contributed by atoms with Crippen molar-refractivity contribution in [2.45, 2.75) is 44.4 Å². The molecule has 1 saturated heterocycles. The lowest BCUT2D eigenvalue weighted by Gasteiger charge is -2.39. The summed E-state index contributed by atoms with van der Waals surface area (Å²) in [6.07, 6.45) is 2.89. The summed E-state index contributed by atoms with van der Waals surface area (Å²) in [7, 11) is 4.68. The highest BCUT2D eigenvalue weighted by atomic mass is 16.5. The van der Waals surface area contributed by atoms with Crippen LogP contribution in [0.25, 0.3) is 0 Å². The number of pyridine rings is 1. The molecule has 4 heterocycles. The summed E-state index contributed by atoms with van der Waals surface area (Å²) in [6.45, 7) is 1.63. The van der Waals surface area contributed by atoms with Crippen molar-refractivity contribution in [3.05, 3.63) is 77.5 Å². The monoisotopic (exact) mass is 646 g/mol. The quantitative estimate of drug-likeness (QED) is 0.383. The SMILES string of the molecule is COCCCN1CC(=O)N[C@H]2CN(C(=O)c3ccnc(OC)c3)CC[C@H]2OCc2cccc(c2)Oc2ccc(cc2OC)CCC1=O. The maximum Gasteiger partial charge on any atom is 0.254 e. The van der Waals surface area contributed by atoms with Crippen LogP contribution in [0.1, 0.15) is 40.7 Å². The van der Waals surface area contributed by atoms with E-state index in [4.69, 9.17) is 23.7 Å². The van der Waals surface area contributed by atoms with Crippen LogP contribution in [0.4, 0.5) is 0 Å². The normalized spacial score (nSPS) is 19.0. The van der Waals surface area contributed by atoms with E-state index in [0.29, 0.717) is 67.7 Å². The molecule has 47 heavy (non-hydrogen) atoms. The zero-order chi connectivity index (χ0) is 33.2. The van der Waals surface area contributed by atoms with E-state index in [1.807, 2.05) is 42.5 Å². The van der Waals surface area contributed by atoms with Crippen LogP contribution >= 0.6 is 0 Å². The van der Waals surface area contributed by atoms with Gasteiger partial charge < -0.3 is 38.8 Å². The highest BCUT2D eigenvalue weighted by Crippen LogP contribution is 2.33. The van der Waals surface area contributed by atoms with Crippen molar-refractivity contribution in [1.82, 2.24) is 20.1 Å². The second-order valence-corrected chi connectivity index (χ2v) is 11.5. The molecule has 12 nitrogen and oxygen atoms in total. The zero-order valence-electron chi connectivity index (χ0n) is 27.1. The first-order valence-corrected chi connectivity index (χ1v) is 15.8. The maximum absolute atomic E-state index is 13.6. The van der Waals surface area contributed by atoms with Crippen molar-refractivity contribution in [3.8, 4) is 23.1 Å². The highest BCUT2D eigenvalue weighted by molar-refractivity contribution is 5.94. The van der Waals surface area contributed by atoms with Crippen molar-refractivity contribution in [2.75, 3.05) is 54.1 Å². The van der Waals surface area contributed by atoms with Gasteiger partial charge in [-0.05, 0) is 60.7 Å². The molecule has 0 saturated carbocycles. The fourth-order valence-electron chi connectivity index (χ4n) is 5.80. The van der Waals surface area contributed by atoms with Crippen molar-refractivity contribution in [2.24, 2.45) is 0 Å². The predicted octanol–water partition coefficient (Wildman–Crippen LogP) is 3.62. The molecule has 1 fully saturated rings. The van der Waals surface area contributed by atoms with Crippen LogP contribution < -0.4 is 19.5 Å². The van der Waals surface area contributed by atoms with Gasteiger partial charge in [0.25, 0.3) is 5.91 Å². The number of ether oxygens (including phenoxy) is 5. The standard InChI is InChI=1S/C35H42N4O8/c1-43-17-5-15-38-22-32(40)37-28-21-39(35(42)26-12-14-36-33(20-26)45-3)16-13-29(28)46-23-25-6-4-7-27(18-25)47-30-10-8-24(9-11-34(38)41)19-31(30)44-2/h4,6-8,10,12,14,18-20,28-29H,5,9,11,13,15-17,21-23H2,1-3H3,(H,37,40)/t28-,29+/m0/s1. The molecule has 0 aliphatic carbocycles. The average molecular weight is 647 g/mol. The Balaban J connectivity index is 1.41. The number of aryl methyl sites for hydroxylation is 1. The molecule has 4 bridgehead atoms. The Morgan fingerprint density at radius 3 is 2.70 bits per heavy atom. The van der Waals surface area contributed by atoms with Gasteiger partial charge in [-0.2, -0.15) is 0 Å². The van der Waals surface area contributed by atoms with Gasteiger partial charge in [-0.1, -0.05) is 18.2 Å². The van der Waals surface area contributed by atoms with E-state index >= 15 is 0 Å². The number of benzene rings is 2. The number of hydrogen-bond donors (Lipinski definition) is 1.